The van der Waals surface area contributed by atoms with E-state index in [2.05, 4.69) is 10.6 Å². The number of imide groups is 1. The molecule has 9 heteroatoms. The van der Waals surface area contributed by atoms with Crippen molar-refractivity contribution in [1.29, 1.82) is 0 Å². The summed E-state index contributed by atoms with van der Waals surface area (Å²) >= 11 is 0. The molecule has 1 aliphatic rings. The van der Waals surface area contributed by atoms with E-state index in [-0.39, 0.29) is 0 Å². The predicted octanol–water partition coefficient (Wildman–Crippen LogP) is 2.51. The van der Waals surface area contributed by atoms with Crippen molar-refractivity contribution in [3.05, 3.63) is 48.0 Å². The molecule has 2 N–H and O–H groups in total. The molecule has 1 saturated heterocycles. The molecule has 31 heavy (non-hydrogen) atoms. The van der Waals surface area contributed by atoms with Crippen LogP contribution in [-0.2, 0) is 15.1 Å². The lowest BCUT2D eigenvalue weighted by Crippen LogP contribution is -2.44. The van der Waals surface area contributed by atoms with Gasteiger partial charge < -0.3 is 24.8 Å². The molecule has 0 spiro atoms. The van der Waals surface area contributed by atoms with Gasteiger partial charge in [0, 0.05) is 17.8 Å². The number of hydrogen-bond donors (Lipinski definition) is 2. The highest BCUT2D eigenvalue weighted by molar-refractivity contribution is 6.10. The van der Waals surface area contributed by atoms with E-state index in [1.54, 1.807) is 36.4 Å². The van der Waals surface area contributed by atoms with Crippen molar-refractivity contribution in [2.24, 2.45) is 0 Å². The van der Waals surface area contributed by atoms with Crippen LogP contribution in [0.1, 0.15) is 18.9 Å². The number of rotatable bonds is 8. The van der Waals surface area contributed by atoms with Gasteiger partial charge in [-0.05, 0) is 12.0 Å². The molecule has 164 valence electrons. The Kier molecular flexibility index (Phi) is 6.33. The molecule has 0 saturated carbocycles. The van der Waals surface area contributed by atoms with Gasteiger partial charge in [0.15, 0.2) is 11.5 Å². The van der Waals surface area contributed by atoms with E-state index in [0.29, 0.717) is 34.9 Å². The average Bonchev–Trinajstić information content (AvgIpc) is 3.03. The summed E-state index contributed by atoms with van der Waals surface area (Å²) in [4.78, 5) is 39.3. The van der Waals surface area contributed by atoms with Crippen molar-refractivity contribution in [2.75, 3.05) is 33.2 Å². The van der Waals surface area contributed by atoms with E-state index < -0.39 is 29.9 Å². The third-order valence-corrected chi connectivity index (χ3v) is 5.22. The van der Waals surface area contributed by atoms with E-state index in [1.807, 2.05) is 13.0 Å². The fraction of sp³-hybridized carbons (Fsp3) is 0.318. The summed E-state index contributed by atoms with van der Waals surface area (Å²) in [5.74, 6) is 0.0964. The molecule has 0 aromatic heterocycles. The third-order valence-electron chi connectivity index (χ3n) is 5.22. The SMILES string of the molecule is CC[C@]1(c2ccccc2)NC(=O)N(CC(=O)Nc2cc(OC)c(OC)c(OC)c2)C1=O. The number of ether oxygens (including phenoxy) is 3. The molecule has 3 rings (SSSR count). The van der Waals surface area contributed by atoms with Gasteiger partial charge in [-0.2, -0.15) is 0 Å². The minimum absolute atomic E-state index is 0.354. The maximum atomic E-state index is 13.1. The summed E-state index contributed by atoms with van der Waals surface area (Å²) in [6.07, 6.45) is 0.354. The van der Waals surface area contributed by atoms with Crippen molar-refractivity contribution in [2.45, 2.75) is 18.9 Å². The third kappa shape index (κ3) is 3.98. The highest BCUT2D eigenvalue weighted by Crippen LogP contribution is 2.40. The maximum Gasteiger partial charge on any atom is 0.325 e. The molecular weight excluding hydrogens is 402 g/mol. The number of amides is 4. The molecule has 1 atom stereocenters. The van der Waals surface area contributed by atoms with Gasteiger partial charge in [0.2, 0.25) is 11.7 Å². The molecule has 0 radical (unpaired) electrons. The van der Waals surface area contributed by atoms with Crippen LogP contribution in [0.5, 0.6) is 17.2 Å². The lowest BCUT2D eigenvalue weighted by atomic mass is 9.87. The van der Waals surface area contributed by atoms with Gasteiger partial charge >= 0.3 is 6.03 Å². The van der Waals surface area contributed by atoms with Gasteiger partial charge in [-0.25, -0.2) is 4.79 Å². The number of hydrogen-bond acceptors (Lipinski definition) is 6. The van der Waals surface area contributed by atoms with Gasteiger partial charge in [-0.3, -0.25) is 14.5 Å². The minimum atomic E-state index is -1.19. The predicted molar refractivity (Wildman–Crippen MR) is 113 cm³/mol. The first-order valence-corrected chi connectivity index (χ1v) is 9.69. The standard InChI is InChI=1S/C22H25N3O6/c1-5-22(14-9-7-6-8-10-14)20(27)25(21(28)24-22)13-18(26)23-15-11-16(29-2)19(31-4)17(12-15)30-3/h6-12H,5,13H2,1-4H3,(H,23,26)(H,24,28)/t22-/m1/s1. The van der Waals surface area contributed by atoms with Crippen LogP contribution in [-0.4, -0.2) is 50.6 Å². The van der Waals surface area contributed by atoms with E-state index in [1.165, 1.54) is 21.3 Å². The van der Waals surface area contributed by atoms with Crippen molar-refractivity contribution < 1.29 is 28.6 Å². The number of carbonyl (C=O) groups is 3. The normalized spacial score (nSPS) is 17.9. The molecule has 2 aromatic rings. The fourth-order valence-corrected chi connectivity index (χ4v) is 3.63. The first-order valence-electron chi connectivity index (χ1n) is 9.69. The first kappa shape index (κ1) is 21.9. The van der Waals surface area contributed by atoms with Gasteiger partial charge in [0.25, 0.3) is 5.91 Å². The Labute approximate surface area is 180 Å². The van der Waals surface area contributed by atoms with E-state index in [9.17, 15) is 14.4 Å². The van der Waals surface area contributed by atoms with Crippen LogP contribution in [0.2, 0.25) is 0 Å². The van der Waals surface area contributed by atoms with Crippen LogP contribution in [0, 0.1) is 0 Å². The van der Waals surface area contributed by atoms with Gasteiger partial charge in [-0.15, -0.1) is 0 Å². The Morgan fingerprint density at radius 2 is 1.65 bits per heavy atom. The lowest BCUT2D eigenvalue weighted by Gasteiger charge is -2.25. The number of methoxy groups -OCH3 is 3. The molecule has 1 fully saturated rings. The molecule has 9 nitrogen and oxygen atoms in total. The van der Waals surface area contributed by atoms with Crippen LogP contribution in [0.25, 0.3) is 0 Å². The molecule has 1 aliphatic heterocycles. The summed E-state index contributed by atoms with van der Waals surface area (Å²) in [6.45, 7) is 1.38. The second-order valence-corrected chi connectivity index (χ2v) is 6.91. The van der Waals surface area contributed by atoms with Crippen LogP contribution in [0.3, 0.4) is 0 Å². The highest BCUT2D eigenvalue weighted by Gasteiger charge is 2.51. The Morgan fingerprint density at radius 1 is 1.03 bits per heavy atom. The number of nitrogens with zero attached hydrogens (tertiary/aromatic N) is 1. The zero-order valence-electron chi connectivity index (χ0n) is 17.9. The van der Waals surface area contributed by atoms with Crippen molar-refractivity contribution >= 4 is 23.5 Å². The zero-order chi connectivity index (χ0) is 22.6. The van der Waals surface area contributed by atoms with Crippen molar-refractivity contribution in [3.63, 3.8) is 0 Å². The average molecular weight is 427 g/mol. The molecule has 0 unspecified atom stereocenters. The fourth-order valence-electron chi connectivity index (χ4n) is 3.63. The topological polar surface area (TPSA) is 106 Å². The number of nitrogens with one attached hydrogen (secondary N) is 2. The summed E-state index contributed by atoms with van der Waals surface area (Å²) < 4.78 is 15.8. The van der Waals surface area contributed by atoms with Gasteiger partial charge in [0.05, 0.1) is 21.3 Å². The van der Waals surface area contributed by atoms with E-state index >= 15 is 0 Å². The molecule has 0 aliphatic carbocycles. The molecule has 0 bridgehead atoms. The molecule has 4 amide bonds. The number of urea groups is 1. The molecular formula is C22H25N3O6. The van der Waals surface area contributed by atoms with E-state index in [0.717, 1.165) is 4.90 Å². The van der Waals surface area contributed by atoms with Crippen LogP contribution in [0.4, 0.5) is 10.5 Å². The second kappa shape index (κ2) is 8.95. The number of anilines is 1. The monoisotopic (exact) mass is 427 g/mol. The Hall–Kier alpha value is -3.75. The van der Waals surface area contributed by atoms with Crippen LogP contribution < -0.4 is 24.8 Å². The summed E-state index contributed by atoms with van der Waals surface area (Å²) in [5.41, 5.74) is -0.148. The number of benzene rings is 2. The first-order chi connectivity index (χ1) is 14.9. The Balaban J connectivity index is 1.80. The number of carbonyl (C=O) groups excluding carboxylic acids is 3. The van der Waals surface area contributed by atoms with E-state index in [4.69, 9.17) is 14.2 Å². The van der Waals surface area contributed by atoms with Crippen LogP contribution >= 0.6 is 0 Å². The largest absolute Gasteiger partial charge is 0.493 e. The summed E-state index contributed by atoms with van der Waals surface area (Å²) in [7, 11) is 4.40. The molecule has 1 heterocycles. The highest BCUT2D eigenvalue weighted by atomic mass is 16.5. The minimum Gasteiger partial charge on any atom is -0.493 e. The maximum absolute atomic E-state index is 13.1. The summed E-state index contributed by atoms with van der Waals surface area (Å²) in [6, 6.07) is 11.5. The van der Waals surface area contributed by atoms with Crippen LogP contribution in [0.15, 0.2) is 42.5 Å². The summed E-state index contributed by atoms with van der Waals surface area (Å²) in [5, 5.41) is 5.42. The second-order valence-electron chi connectivity index (χ2n) is 6.91. The zero-order valence-corrected chi connectivity index (χ0v) is 17.9. The van der Waals surface area contributed by atoms with Crippen molar-refractivity contribution in [3.8, 4) is 17.2 Å². The van der Waals surface area contributed by atoms with Crippen molar-refractivity contribution in [1.82, 2.24) is 10.2 Å². The molecule has 2 aromatic carbocycles. The van der Waals surface area contributed by atoms with Gasteiger partial charge in [0.1, 0.15) is 12.1 Å². The smallest absolute Gasteiger partial charge is 0.325 e. The Bertz CT molecular complexity index is 969. The Morgan fingerprint density at radius 3 is 2.16 bits per heavy atom. The quantitative estimate of drug-likeness (QED) is 0.627. The van der Waals surface area contributed by atoms with Gasteiger partial charge in [-0.1, -0.05) is 37.3 Å². The lowest BCUT2D eigenvalue weighted by molar-refractivity contribution is -0.134.